The SMILES string of the molecule is O=C(O)c1ccnn1Cc1ccccc1[N+](=O)[O-]. The fourth-order valence-electron chi connectivity index (χ4n) is 1.62. The van der Waals surface area contributed by atoms with Gasteiger partial charge in [0.1, 0.15) is 5.69 Å². The van der Waals surface area contributed by atoms with Crippen molar-refractivity contribution in [3.8, 4) is 0 Å². The Morgan fingerprint density at radius 1 is 1.39 bits per heavy atom. The molecule has 0 aliphatic carbocycles. The summed E-state index contributed by atoms with van der Waals surface area (Å²) in [4.78, 5) is 21.2. The fraction of sp³-hybridized carbons (Fsp3) is 0.0909. The van der Waals surface area contributed by atoms with Gasteiger partial charge < -0.3 is 5.11 Å². The molecule has 7 nitrogen and oxygen atoms in total. The van der Waals surface area contributed by atoms with Gasteiger partial charge in [0.15, 0.2) is 0 Å². The quantitative estimate of drug-likeness (QED) is 0.652. The smallest absolute Gasteiger partial charge is 0.354 e. The number of benzene rings is 1. The van der Waals surface area contributed by atoms with E-state index in [1.807, 2.05) is 0 Å². The zero-order chi connectivity index (χ0) is 13.1. The van der Waals surface area contributed by atoms with Crippen molar-refractivity contribution >= 4 is 11.7 Å². The molecule has 1 aromatic heterocycles. The number of nitrogens with zero attached hydrogens (tertiary/aromatic N) is 3. The highest BCUT2D eigenvalue weighted by Crippen LogP contribution is 2.19. The van der Waals surface area contributed by atoms with Crippen LogP contribution in [0.2, 0.25) is 0 Å². The molecule has 0 radical (unpaired) electrons. The molecule has 1 heterocycles. The molecule has 0 spiro atoms. The molecule has 0 amide bonds. The van der Waals surface area contributed by atoms with Crippen molar-refractivity contribution in [2.45, 2.75) is 6.54 Å². The highest BCUT2D eigenvalue weighted by atomic mass is 16.6. The molecular weight excluding hydrogens is 238 g/mol. The Labute approximate surface area is 101 Å². The molecule has 0 saturated carbocycles. The van der Waals surface area contributed by atoms with Gasteiger partial charge in [-0.2, -0.15) is 5.10 Å². The number of hydrogen-bond donors (Lipinski definition) is 1. The van der Waals surface area contributed by atoms with E-state index in [1.54, 1.807) is 18.2 Å². The van der Waals surface area contributed by atoms with Crippen molar-refractivity contribution in [1.29, 1.82) is 0 Å². The number of carboxylic acid groups (broad SMARTS) is 1. The van der Waals surface area contributed by atoms with Crippen LogP contribution < -0.4 is 0 Å². The van der Waals surface area contributed by atoms with Gasteiger partial charge in [0.2, 0.25) is 0 Å². The second-order valence-corrected chi connectivity index (χ2v) is 3.57. The number of nitro groups is 1. The van der Waals surface area contributed by atoms with Crippen molar-refractivity contribution in [1.82, 2.24) is 9.78 Å². The lowest BCUT2D eigenvalue weighted by atomic mass is 10.2. The minimum absolute atomic E-state index is 0.00634. The number of aromatic carboxylic acids is 1. The van der Waals surface area contributed by atoms with Gasteiger partial charge in [-0.05, 0) is 6.07 Å². The molecule has 2 aromatic rings. The summed E-state index contributed by atoms with van der Waals surface area (Å²) in [5.41, 5.74) is 0.353. The maximum atomic E-state index is 10.9. The van der Waals surface area contributed by atoms with Crippen LogP contribution in [-0.2, 0) is 6.54 Å². The van der Waals surface area contributed by atoms with Gasteiger partial charge in [0.05, 0.1) is 17.0 Å². The molecule has 92 valence electrons. The van der Waals surface area contributed by atoms with Gasteiger partial charge in [0, 0.05) is 12.3 Å². The zero-order valence-electron chi connectivity index (χ0n) is 9.18. The third kappa shape index (κ3) is 2.19. The van der Waals surface area contributed by atoms with Crippen LogP contribution in [-0.4, -0.2) is 25.8 Å². The molecule has 0 unspecified atom stereocenters. The molecule has 1 N–H and O–H groups in total. The van der Waals surface area contributed by atoms with Crippen LogP contribution in [0.4, 0.5) is 5.69 Å². The summed E-state index contributed by atoms with van der Waals surface area (Å²) in [6.45, 7) is 0.0474. The van der Waals surface area contributed by atoms with Crippen molar-refractivity contribution in [3.63, 3.8) is 0 Å². The summed E-state index contributed by atoms with van der Waals surface area (Å²) in [6, 6.07) is 7.51. The van der Waals surface area contributed by atoms with Gasteiger partial charge in [0.25, 0.3) is 5.69 Å². The first-order valence-electron chi connectivity index (χ1n) is 5.07. The van der Waals surface area contributed by atoms with Crippen LogP contribution in [0, 0.1) is 10.1 Å². The predicted octanol–water partition coefficient (Wildman–Crippen LogP) is 1.54. The average Bonchev–Trinajstić information content (AvgIpc) is 2.77. The second kappa shape index (κ2) is 4.66. The second-order valence-electron chi connectivity index (χ2n) is 3.57. The first-order valence-corrected chi connectivity index (χ1v) is 5.07. The Hall–Kier alpha value is -2.70. The minimum atomic E-state index is -1.12. The number of aromatic nitrogens is 2. The number of carboxylic acids is 1. The number of para-hydroxylation sites is 1. The van der Waals surface area contributed by atoms with E-state index in [2.05, 4.69) is 5.10 Å². The van der Waals surface area contributed by atoms with Crippen molar-refractivity contribution in [2.24, 2.45) is 0 Å². The monoisotopic (exact) mass is 247 g/mol. The Balaban J connectivity index is 2.37. The van der Waals surface area contributed by atoms with E-state index in [0.29, 0.717) is 5.56 Å². The van der Waals surface area contributed by atoms with E-state index < -0.39 is 10.9 Å². The normalized spacial score (nSPS) is 10.2. The van der Waals surface area contributed by atoms with E-state index in [-0.39, 0.29) is 17.9 Å². The summed E-state index contributed by atoms with van der Waals surface area (Å²) >= 11 is 0. The molecule has 2 rings (SSSR count). The van der Waals surface area contributed by atoms with E-state index in [0.717, 1.165) is 0 Å². The first kappa shape index (κ1) is 11.8. The predicted molar refractivity (Wildman–Crippen MR) is 61.4 cm³/mol. The molecule has 7 heteroatoms. The van der Waals surface area contributed by atoms with Crippen LogP contribution in [0.25, 0.3) is 0 Å². The largest absolute Gasteiger partial charge is 0.477 e. The van der Waals surface area contributed by atoms with E-state index in [1.165, 1.54) is 23.0 Å². The Morgan fingerprint density at radius 3 is 2.78 bits per heavy atom. The lowest BCUT2D eigenvalue weighted by molar-refractivity contribution is -0.385. The van der Waals surface area contributed by atoms with Crippen molar-refractivity contribution < 1.29 is 14.8 Å². The van der Waals surface area contributed by atoms with Crippen LogP contribution in [0.3, 0.4) is 0 Å². The summed E-state index contributed by atoms with van der Waals surface area (Å²) in [5.74, 6) is -1.12. The summed E-state index contributed by atoms with van der Waals surface area (Å²) in [7, 11) is 0. The summed E-state index contributed by atoms with van der Waals surface area (Å²) < 4.78 is 1.21. The van der Waals surface area contributed by atoms with Crippen molar-refractivity contribution in [2.75, 3.05) is 0 Å². The molecule has 0 aliphatic rings. The lowest BCUT2D eigenvalue weighted by Crippen LogP contribution is -2.11. The third-order valence-electron chi connectivity index (χ3n) is 2.44. The number of nitro benzene ring substituents is 1. The number of hydrogen-bond acceptors (Lipinski definition) is 4. The average molecular weight is 247 g/mol. The van der Waals surface area contributed by atoms with Gasteiger partial charge in [-0.3, -0.25) is 14.8 Å². The van der Waals surface area contributed by atoms with Crippen LogP contribution in [0.5, 0.6) is 0 Å². The maximum absolute atomic E-state index is 10.9. The van der Waals surface area contributed by atoms with E-state index in [9.17, 15) is 14.9 Å². The third-order valence-corrected chi connectivity index (χ3v) is 2.44. The first-order chi connectivity index (χ1) is 8.59. The standard InChI is InChI=1S/C11H9N3O4/c15-11(16)10-5-6-12-13(10)7-8-3-1-2-4-9(8)14(17)18/h1-6H,7H2,(H,15,16). The molecule has 0 saturated heterocycles. The zero-order valence-corrected chi connectivity index (χ0v) is 9.18. The highest BCUT2D eigenvalue weighted by molar-refractivity contribution is 5.85. The van der Waals surface area contributed by atoms with Crippen LogP contribution in [0.15, 0.2) is 36.5 Å². The van der Waals surface area contributed by atoms with Crippen molar-refractivity contribution in [3.05, 3.63) is 57.9 Å². The Kier molecular flexibility index (Phi) is 3.05. The topological polar surface area (TPSA) is 98.3 Å². The molecular formula is C11H9N3O4. The molecule has 0 atom stereocenters. The number of rotatable bonds is 4. The van der Waals surface area contributed by atoms with E-state index in [4.69, 9.17) is 5.11 Å². The Morgan fingerprint density at radius 2 is 2.11 bits per heavy atom. The van der Waals surface area contributed by atoms with Crippen LogP contribution >= 0.6 is 0 Å². The van der Waals surface area contributed by atoms with Gasteiger partial charge in [-0.15, -0.1) is 0 Å². The van der Waals surface area contributed by atoms with Gasteiger partial charge in [-0.1, -0.05) is 18.2 Å². The van der Waals surface area contributed by atoms with E-state index >= 15 is 0 Å². The lowest BCUT2D eigenvalue weighted by Gasteiger charge is -2.05. The summed E-state index contributed by atoms with van der Waals surface area (Å²) in [5, 5.41) is 23.6. The molecule has 1 aromatic carbocycles. The van der Waals surface area contributed by atoms with Crippen LogP contribution in [0.1, 0.15) is 16.1 Å². The molecule has 0 aliphatic heterocycles. The molecule has 18 heavy (non-hydrogen) atoms. The Bertz CT molecular complexity index is 606. The maximum Gasteiger partial charge on any atom is 0.354 e. The highest BCUT2D eigenvalue weighted by Gasteiger charge is 2.16. The number of carbonyl (C=O) groups is 1. The fourth-order valence-corrected chi connectivity index (χ4v) is 1.62. The summed E-state index contributed by atoms with van der Waals surface area (Å²) in [6.07, 6.45) is 1.35. The molecule has 0 fully saturated rings. The van der Waals surface area contributed by atoms with Gasteiger partial charge >= 0.3 is 5.97 Å². The van der Waals surface area contributed by atoms with Gasteiger partial charge in [-0.25, -0.2) is 4.79 Å². The molecule has 0 bridgehead atoms. The minimum Gasteiger partial charge on any atom is -0.477 e.